The first-order chi connectivity index (χ1) is 26.4. The highest BCUT2D eigenvalue weighted by Gasteiger charge is 2.27. The predicted molar refractivity (Wildman–Crippen MR) is 231 cm³/mol. The minimum absolute atomic E-state index is 0.215. The second-order valence-corrected chi connectivity index (χ2v) is 15.8. The number of nitrogens with zero attached hydrogens (tertiary/aromatic N) is 2. The Kier molecular flexibility index (Phi) is 10.3. The van der Waals surface area contributed by atoms with Gasteiger partial charge in [0, 0.05) is 34.3 Å². The smallest absolute Gasteiger partial charge is 0.249 e. The van der Waals surface area contributed by atoms with E-state index >= 15 is 0 Å². The highest BCUT2D eigenvalue weighted by molar-refractivity contribution is 8.76. The summed E-state index contributed by atoms with van der Waals surface area (Å²) >= 11 is 0. The van der Waals surface area contributed by atoms with Gasteiger partial charge in [-0.3, -0.25) is 19.4 Å². The standard InChI is InChI=1S/C46H38N4O2S2/c47-43(45(51)49(39-21-17-31-9-1-5-13-35(31)25-39)40-22-18-32-10-2-6-14-36(32)26-40)29-53-54-30-44(48)46(52)50(41-23-19-33-11-3-7-15-37(33)27-41)42-24-20-34-12-4-8-16-38(34)28-42/h1-28,43-44H,29-30,47-48H2. The Labute approximate surface area is 322 Å². The summed E-state index contributed by atoms with van der Waals surface area (Å²) in [6, 6.07) is 54.8. The van der Waals surface area contributed by atoms with Crippen molar-refractivity contribution in [1.29, 1.82) is 0 Å². The zero-order chi connectivity index (χ0) is 37.0. The molecule has 4 N–H and O–H groups in total. The molecule has 54 heavy (non-hydrogen) atoms. The van der Waals surface area contributed by atoms with Crippen LogP contribution in [0.1, 0.15) is 0 Å². The number of rotatable bonds is 11. The van der Waals surface area contributed by atoms with Crippen LogP contribution in [0.3, 0.4) is 0 Å². The van der Waals surface area contributed by atoms with Crippen LogP contribution in [0.2, 0.25) is 0 Å². The molecule has 2 amide bonds. The van der Waals surface area contributed by atoms with Crippen molar-refractivity contribution < 1.29 is 9.59 Å². The van der Waals surface area contributed by atoms with Crippen molar-refractivity contribution >= 4 is 99.2 Å². The first kappa shape index (κ1) is 35.4. The molecule has 0 aliphatic heterocycles. The van der Waals surface area contributed by atoms with E-state index in [9.17, 15) is 9.59 Å². The third kappa shape index (κ3) is 7.42. The van der Waals surface area contributed by atoms with E-state index in [-0.39, 0.29) is 11.8 Å². The van der Waals surface area contributed by atoms with Crippen molar-refractivity contribution in [3.05, 3.63) is 170 Å². The molecule has 0 saturated carbocycles. The van der Waals surface area contributed by atoms with Gasteiger partial charge in [-0.1, -0.05) is 143 Å². The highest BCUT2D eigenvalue weighted by atomic mass is 33.1. The van der Waals surface area contributed by atoms with Crippen LogP contribution in [-0.4, -0.2) is 35.4 Å². The van der Waals surface area contributed by atoms with Gasteiger partial charge >= 0.3 is 0 Å². The fourth-order valence-corrected chi connectivity index (χ4v) is 9.02. The van der Waals surface area contributed by atoms with E-state index in [0.717, 1.165) is 65.8 Å². The predicted octanol–water partition coefficient (Wildman–Crippen LogP) is 10.4. The molecule has 0 saturated heterocycles. The summed E-state index contributed by atoms with van der Waals surface area (Å²) in [6.45, 7) is 0. The molecule has 0 aliphatic carbocycles. The minimum atomic E-state index is -0.806. The Bertz CT molecular complexity index is 2310. The molecule has 0 heterocycles. The summed E-state index contributed by atoms with van der Waals surface area (Å²) in [5, 5.41) is 8.50. The molecule has 8 heteroatoms. The topological polar surface area (TPSA) is 92.7 Å². The fourth-order valence-electron chi connectivity index (χ4n) is 6.79. The van der Waals surface area contributed by atoms with Gasteiger partial charge in [-0.2, -0.15) is 0 Å². The van der Waals surface area contributed by atoms with E-state index in [2.05, 4.69) is 24.3 Å². The van der Waals surface area contributed by atoms with E-state index in [4.69, 9.17) is 11.5 Å². The van der Waals surface area contributed by atoms with Crippen LogP contribution in [0.4, 0.5) is 22.7 Å². The normalized spacial score (nSPS) is 12.6. The maximum absolute atomic E-state index is 14.2. The molecule has 2 unspecified atom stereocenters. The van der Waals surface area contributed by atoms with Crippen molar-refractivity contribution in [3.63, 3.8) is 0 Å². The van der Waals surface area contributed by atoms with Crippen molar-refractivity contribution in [2.75, 3.05) is 21.3 Å². The van der Waals surface area contributed by atoms with Crippen LogP contribution < -0.4 is 21.3 Å². The average Bonchev–Trinajstić information content (AvgIpc) is 3.22. The molecule has 0 bridgehead atoms. The zero-order valence-electron chi connectivity index (χ0n) is 29.4. The Balaban J connectivity index is 0.989. The first-order valence-electron chi connectivity index (χ1n) is 17.8. The van der Waals surface area contributed by atoms with Gasteiger partial charge < -0.3 is 11.5 Å². The van der Waals surface area contributed by atoms with Crippen molar-refractivity contribution in [3.8, 4) is 0 Å². The maximum Gasteiger partial charge on any atom is 0.249 e. The quantitative estimate of drug-likeness (QED) is 0.101. The summed E-state index contributed by atoms with van der Waals surface area (Å²) in [6.07, 6.45) is 0. The van der Waals surface area contributed by atoms with E-state index < -0.39 is 12.1 Å². The van der Waals surface area contributed by atoms with Crippen LogP contribution in [0.5, 0.6) is 0 Å². The molecular formula is C46H38N4O2S2. The molecule has 0 spiro atoms. The lowest BCUT2D eigenvalue weighted by Crippen LogP contribution is -2.43. The number of carbonyl (C=O) groups is 2. The van der Waals surface area contributed by atoms with Crippen LogP contribution in [-0.2, 0) is 9.59 Å². The summed E-state index contributed by atoms with van der Waals surface area (Å²) in [4.78, 5) is 31.9. The molecule has 0 fully saturated rings. The lowest BCUT2D eigenvalue weighted by atomic mass is 10.1. The average molecular weight is 743 g/mol. The summed E-state index contributed by atoms with van der Waals surface area (Å²) in [7, 11) is 2.90. The number of benzene rings is 8. The monoisotopic (exact) mass is 742 g/mol. The molecule has 0 aromatic heterocycles. The maximum atomic E-state index is 14.2. The third-order valence-corrected chi connectivity index (χ3v) is 12.1. The van der Waals surface area contributed by atoms with Crippen LogP contribution in [0.15, 0.2) is 170 Å². The Hall–Kier alpha value is -5.64. The SMILES string of the molecule is NC(CSSCC(N)C(=O)N(c1ccc2ccccc2c1)c1ccc2ccccc2c1)C(=O)N(c1ccc2ccccc2c1)c1ccc2ccccc2c1. The Morgan fingerprint density at radius 3 is 0.889 bits per heavy atom. The summed E-state index contributed by atoms with van der Waals surface area (Å²) in [5.74, 6) is 0.239. The van der Waals surface area contributed by atoms with Gasteiger partial charge in [0.25, 0.3) is 0 Å². The largest absolute Gasteiger partial charge is 0.319 e. The molecule has 8 aromatic rings. The van der Waals surface area contributed by atoms with Gasteiger partial charge in [-0.05, 0) is 91.6 Å². The third-order valence-electron chi connectivity index (χ3n) is 9.62. The second kappa shape index (κ2) is 15.8. The number of hydrogen-bond donors (Lipinski definition) is 2. The minimum Gasteiger partial charge on any atom is -0.319 e. The van der Waals surface area contributed by atoms with Gasteiger partial charge in [0.05, 0.1) is 12.1 Å². The number of fused-ring (bicyclic) bond motifs is 4. The van der Waals surface area contributed by atoms with Gasteiger partial charge in [-0.25, -0.2) is 0 Å². The molecule has 0 aliphatic rings. The van der Waals surface area contributed by atoms with Crippen LogP contribution in [0.25, 0.3) is 43.1 Å². The number of nitrogens with two attached hydrogens (primary N) is 2. The molecule has 8 aromatic carbocycles. The summed E-state index contributed by atoms with van der Waals surface area (Å²) < 4.78 is 0. The van der Waals surface area contributed by atoms with Crippen molar-refractivity contribution in [1.82, 2.24) is 0 Å². The van der Waals surface area contributed by atoms with E-state index in [1.54, 1.807) is 9.80 Å². The molecule has 266 valence electrons. The van der Waals surface area contributed by atoms with E-state index in [1.165, 1.54) is 21.6 Å². The number of carbonyl (C=O) groups excluding carboxylic acids is 2. The van der Waals surface area contributed by atoms with Crippen molar-refractivity contribution in [2.45, 2.75) is 12.1 Å². The van der Waals surface area contributed by atoms with Crippen molar-refractivity contribution in [2.24, 2.45) is 11.5 Å². The number of amides is 2. The Morgan fingerprint density at radius 2 is 0.630 bits per heavy atom. The van der Waals surface area contributed by atoms with E-state index in [0.29, 0.717) is 11.5 Å². The van der Waals surface area contributed by atoms with Crippen LogP contribution >= 0.6 is 21.6 Å². The van der Waals surface area contributed by atoms with Gasteiger partial charge in [0.2, 0.25) is 11.8 Å². The molecule has 8 rings (SSSR count). The fraction of sp³-hybridized carbons (Fsp3) is 0.0870. The summed E-state index contributed by atoms with van der Waals surface area (Å²) in [5.41, 5.74) is 16.3. The number of anilines is 4. The number of hydrogen-bond acceptors (Lipinski definition) is 6. The zero-order valence-corrected chi connectivity index (χ0v) is 31.0. The first-order valence-corrected chi connectivity index (χ1v) is 20.3. The van der Waals surface area contributed by atoms with Gasteiger partial charge in [0.15, 0.2) is 0 Å². The molecule has 0 radical (unpaired) electrons. The molecular weight excluding hydrogens is 705 g/mol. The van der Waals surface area contributed by atoms with E-state index in [1.807, 2.05) is 146 Å². The second-order valence-electron chi connectivity index (χ2n) is 13.3. The van der Waals surface area contributed by atoms with Gasteiger partial charge in [-0.15, -0.1) is 0 Å². The van der Waals surface area contributed by atoms with Gasteiger partial charge in [0.1, 0.15) is 0 Å². The van der Waals surface area contributed by atoms with Crippen LogP contribution in [0, 0.1) is 0 Å². The lowest BCUT2D eigenvalue weighted by Gasteiger charge is -2.27. The Morgan fingerprint density at radius 1 is 0.389 bits per heavy atom. The lowest BCUT2D eigenvalue weighted by molar-refractivity contribution is -0.119. The molecule has 6 nitrogen and oxygen atoms in total. The molecule has 2 atom stereocenters. The highest BCUT2D eigenvalue weighted by Crippen LogP contribution is 2.35.